The molecule has 0 radical (unpaired) electrons. The van der Waals surface area contributed by atoms with Gasteiger partial charge in [0.25, 0.3) is 0 Å². The second kappa shape index (κ2) is 4.53. The molecule has 0 spiro atoms. The Morgan fingerprint density at radius 3 is 2.76 bits per heavy atom. The Kier molecular flexibility index (Phi) is 3.08. The van der Waals surface area contributed by atoms with Gasteiger partial charge in [0, 0.05) is 7.05 Å². The van der Waals surface area contributed by atoms with Crippen LogP contribution in [0.25, 0.3) is 0 Å². The van der Waals surface area contributed by atoms with Crippen molar-refractivity contribution in [3.63, 3.8) is 0 Å². The Morgan fingerprint density at radius 1 is 1.47 bits per heavy atom. The molecule has 0 aromatic carbocycles. The normalized spacial score (nSPS) is 10.8. The number of anilines is 2. The van der Waals surface area contributed by atoms with E-state index in [9.17, 15) is 0 Å². The summed E-state index contributed by atoms with van der Waals surface area (Å²) >= 11 is 0. The number of nitrogen functional groups attached to an aromatic ring is 1. The summed E-state index contributed by atoms with van der Waals surface area (Å²) in [6, 6.07) is 3.90. The Morgan fingerprint density at radius 2 is 2.24 bits per heavy atom. The van der Waals surface area contributed by atoms with Gasteiger partial charge in [-0.2, -0.15) is 5.10 Å². The lowest BCUT2D eigenvalue weighted by Gasteiger charge is -2.05. The largest absolute Gasteiger partial charge is 0.465 e. The van der Waals surface area contributed by atoms with Crippen molar-refractivity contribution in [3.8, 4) is 0 Å². The SMILES string of the molecule is CCc1nn(C)c(NCc2ccc(C)o2)c1N. The summed E-state index contributed by atoms with van der Waals surface area (Å²) in [5.74, 6) is 2.64. The maximum absolute atomic E-state index is 6.01. The van der Waals surface area contributed by atoms with E-state index in [2.05, 4.69) is 10.4 Å². The molecule has 2 aromatic heterocycles. The van der Waals surface area contributed by atoms with Crippen molar-refractivity contribution in [1.82, 2.24) is 9.78 Å². The van der Waals surface area contributed by atoms with Crippen LogP contribution in [0, 0.1) is 6.92 Å². The van der Waals surface area contributed by atoms with Gasteiger partial charge in [-0.05, 0) is 25.5 Å². The molecular weight excluding hydrogens is 216 g/mol. The van der Waals surface area contributed by atoms with Gasteiger partial charge in [0.2, 0.25) is 0 Å². The van der Waals surface area contributed by atoms with E-state index in [-0.39, 0.29) is 0 Å². The minimum absolute atomic E-state index is 0.612. The fourth-order valence-corrected chi connectivity index (χ4v) is 1.82. The van der Waals surface area contributed by atoms with Crippen LogP contribution in [0.4, 0.5) is 11.5 Å². The summed E-state index contributed by atoms with van der Waals surface area (Å²) in [5, 5.41) is 7.59. The average molecular weight is 234 g/mol. The van der Waals surface area contributed by atoms with E-state index in [1.807, 2.05) is 33.0 Å². The van der Waals surface area contributed by atoms with E-state index in [0.29, 0.717) is 6.54 Å². The lowest BCUT2D eigenvalue weighted by atomic mass is 10.3. The molecule has 0 saturated carbocycles. The molecule has 3 N–H and O–H groups in total. The molecule has 92 valence electrons. The van der Waals surface area contributed by atoms with Crippen molar-refractivity contribution < 1.29 is 4.42 Å². The van der Waals surface area contributed by atoms with Crippen LogP contribution in [-0.4, -0.2) is 9.78 Å². The van der Waals surface area contributed by atoms with Gasteiger partial charge in [-0.3, -0.25) is 4.68 Å². The third-order valence-electron chi connectivity index (χ3n) is 2.72. The number of hydrogen-bond acceptors (Lipinski definition) is 4. The van der Waals surface area contributed by atoms with Crippen LogP contribution in [0.15, 0.2) is 16.5 Å². The first kappa shape index (κ1) is 11.6. The predicted octanol–water partition coefficient (Wildman–Crippen LogP) is 2.08. The quantitative estimate of drug-likeness (QED) is 0.849. The summed E-state index contributed by atoms with van der Waals surface area (Å²) in [6.07, 6.45) is 0.835. The summed E-state index contributed by atoms with van der Waals surface area (Å²) in [5.41, 5.74) is 7.65. The third kappa shape index (κ3) is 2.27. The zero-order valence-electron chi connectivity index (χ0n) is 10.4. The monoisotopic (exact) mass is 234 g/mol. The number of nitrogens with one attached hydrogen (secondary N) is 1. The van der Waals surface area contributed by atoms with Crippen LogP contribution in [0.1, 0.15) is 24.1 Å². The lowest BCUT2D eigenvalue weighted by Crippen LogP contribution is -2.05. The number of hydrogen-bond donors (Lipinski definition) is 2. The summed E-state index contributed by atoms with van der Waals surface area (Å²) in [6.45, 7) is 4.58. The molecule has 0 unspecified atom stereocenters. The van der Waals surface area contributed by atoms with Gasteiger partial charge in [-0.1, -0.05) is 6.92 Å². The third-order valence-corrected chi connectivity index (χ3v) is 2.72. The minimum atomic E-state index is 0.612. The van der Waals surface area contributed by atoms with E-state index < -0.39 is 0 Å². The second-order valence-electron chi connectivity index (χ2n) is 4.05. The number of nitrogens with zero attached hydrogens (tertiary/aromatic N) is 2. The number of aryl methyl sites for hydroxylation is 3. The highest BCUT2D eigenvalue weighted by molar-refractivity contribution is 5.64. The molecule has 2 rings (SSSR count). The predicted molar refractivity (Wildman–Crippen MR) is 67.8 cm³/mol. The van der Waals surface area contributed by atoms with Gasteiger partial charge in [0.05, 0.1) is 17.9 Å². The van der Waals surface area contributed by atoms with Gasteiger partial charge in [-0.25, -0.2) is 0 Å². The number of rotatable bonds is 4. The topological polar surface area (TPSA) is 69.0 Å². The molecule has 0 amide bonds. The molecule has 0 aliphatic carbocycles. The summed E-state index contributed by atoms with van der Waals surface area (Å²) < 4.78 is 7.25. The Labute approximate surface area is 101 Å². The van der Waals surface area contributed by atoms with Gasteiger partial charge in [-0.15, -0.1) is 0 Å². The zero-order valence-corrected chi connectivity index (χ0v) is 10.4. The first-order chi connectivity index (χ1) is 8.11. The lowest BCUT2D eigenvalue weighted by molar-refractivity contribution is 0.490. The molecule has 5 heteroatoms. The second-order valence-corrected chi connectivity index (χ2v) is 4.05. The van der Waals surface area contributed by atoms with Gasteiger partial charge in [0.1, 0.15) is 17.3 Å². The first-order valence-corrected chi connectivity index (χ1v) is 5.72. The van der Waals surface area contributed by atoms with Crippen LogP contribution < -0.4 is 11.1 Å². The molecule has 0 fully saturated rings. The maximum atomic E-state index is 6.01. The average Bonchev–Trinajstić information content (AvgIpc) is 2.82. The molecule has 17 heavy (non-hydrogen) atoms. The zero-order chi connectivity index (χ0) is 12.4. The molecule has 0 aliphatic rings. The minimum Gasteiger partial charge on any atom is -0.465 e. The van der Waals surface area contributed by atoms with Crippen LogP contribution in [-0.2, 0) is 20.0 Å². The summed E-state index contributed by atoms with van der Waals surface area (Å²) in [7, 11) is 1.88. The van der Waals surface area contributed by atoms with Crippen molar-refractivity contribution >= 4 is 11.5 Å². The molecule has 2 heterocycles. The standard InChI is InChI=1S/C12H18N4O/c1-4-10-11(13)12(16(3)15-10)14-7-9-6-5-8(2)17-9/h5-6,14H,4,7,13H2,1-3H3. The van der Waals surface area contributed by atoms with Crippen molar-refractivity contribution in [2.75, 3.05) is 11.1 Å². The van der Waals surface area contributed by atoms with Crippen molar-refractivity contribution in [1.29, 1.82) is 0 Å². The Hall–Kier alpha value is -1.91. The van der Waals surface area contributed by atoms with E-state index >= 15 is 0 Å². The highest BCUT2D eigenvalue weighted by Gasteiger charge is 2.11. The van der Waals surface area contributed by atoms with E-state index in [4.69, 9.17) is 10.2 Å². The number of nitrogens with two attached hydrogens (primary N) is 1. The molecule has 2 aromatic rings. The summed E-state index contributed by atoms with van der Waals surface area (Å²) in [4.78, 5) is 0. The van der Waals surface area contributed by atoms with Crippen LogP contribution >= 0.6 is 0 Å². The molecule has 0 atom stereocenters. The van der Waals surface area contributed by atoms with Crippen molar-refractivity contribution in [3.05, 3.63) is 29.3 Å². The Bertz CT molecular complexity index is 513. The number of aromatic nitrogens is 2. The van der Waals surface area contributed by atoms with E-state index in [1.54, 1.807) is 4.68 Å². The van der Waals surface area contributed by atoms with Crippen LogP contribution in [0.5, 0.6) is 0 Å². The fraction of sp³-hybridized carbons (Fsp3) is 0.417. The number of furan rings is 1. The van der Waals surface area contributed by atoms with Crippen molar-refractivity contribution in [2.24, 2.45) is 7.05 Å². The van der Waals surface area contributed by atoms with E-state index in [1.165, 1.54) is 0 Å². The van der Waals surface area contributed by atoms with Crippen molar-refractivity contribution in [2.45, 2.75) is 26.8 Å². The van der Waals surface area contributed by atoms with Gasteiger partial charge >= 0.3 is 0 Å². The van der Waals surface area contributed by atoms with Gasteiger partial charge < -0.3 is 15.5 Å². The Balaban J connectivity index is 2.11. The first-order valence-electron chi connectivity index (χ1n) is 5.72. The molecular formula is C12H18N4O. The fourth-order valence-electron chi connectivity index (χ4n) is 1.82. The van der Waals surface area contributed by atoms with E-state index in [0.717, 1.165) is 35.1 Å². The van der Waals surface area contributed by atoms with Gasteiger partial charge in [0.15, 0.2) is 0 Å². The molecule has 0 bridgehead atoms. The maximum Gasteiger partial charge on any atom is 0.148 e. The van der Waals surface area contributed by atoms with Crippen LogP contribution in [0.3, 0.4) is 0 Å². The molecule has 0 aliphatic heterocycles. The highest BCUT2D eigenvalue weighted by atomic mass is 16.3. The smallest absolute Gasteiger partial charge is 0.148 e. The molecule has 5 nitrogen and oxygen atoms in total. The molecule has 0 saturated heterocycles. The van der Waals surface area contributed by atoms with Crippen LogP contribution in [0.2, 0.25) is 0 Å². The highest BCUT2D eigenvalue weighted by Crippen LogP contribution is 2.23.